The molecule has 112 valence electrons. The average Bonchev–Trinajstić information content (AvgIpc) is 3.01. The highest BCUT2D eigenvalue weighted by atomic mass is 35.5. The van der Waals surface area contributed by atoms with Crippen molar-refractivity contribution in [2.24, 2.45) is 0 Å². The van der Waals surface area contributed by atoms with E-state index in [4.69, 9.17) is 21.1 Å². The largest absolute Gasteiger partial charge is 0.497 e. The second-order valence-electron chi connectivity index (χ2n) is 5.07. The third kappa shape index (κ3) is 2.78. The average molecular weight is 309 g/mol. The van der Waals surface area contributed by atoms with Crippen LogP contribution in [0.1, 0.15) is 11.3 Å². The van der Waals surface area contributed by atoms with Crippen molar-refractivity contribution in [2.45, 2.75) is 18.9 Å². The topological polar surface area (TPSA) is 63.3 Å². The standard InChI is InChI=1S/C15H17ClN2O3/c1-20-10-2-3-13-12(8-10)11-6-9(7-14(11)18-13)17-15(19)21-5-4-16/h2-3,8-9,18H,4-7H2,1H3,(H,17,19). The van der Waals surface area contributed by atoms with Crippen LogP contribution in [-0.4, -0.2) is 36.7 Å². The molecule has 1 aliphatic rings. The highest BCUT2D eigenvalue weighted by Gasteiger charge is 2.27. The summed E-state index contributed by atoms with van der Waals surface area (Å²) in [6.07, 6.45) is 1.16. The van der Waals surface area contributed by atoms with Gasteiger partial charge in [0.2, 0.25) is 0 Å². The zero-order chi connectivity index (χ0) is 14.8. The van der Waals surface area contributed by atoms with Gasteiger partial charge in [-0.15, -0.1) is 11.6 Å². The minimum Gasteiger partial charge on any atom is -0.497 e. The monoisotopic (exact) mass is 308 g/mol. The van der Waals surface area contributed by atoms with Gasteiger partial charge in [0.25, 0.3) is 0 Å². The molecule has 1 aliphatic carbocycles. The van der Waals surface area contributed by atoms with Crippen molar-refractivity contribution in [2.75, 3.05) is 19.6 Å². The van der Waals surface area contributed by atoms with Crippen molar-refractivity contribution >= 4 is 28.6 Å². The van der Waals surface area contributed by atoms with Gasteiger partial charge in [0.15, 0.2) is 0 Å². The third-order valence-electron chi connectivity index (χ3n) is 3.74. The first-order chi connectivity index (χ1) is 10.2. The van der Waals surface area contributed by atoms with Crippen molar-refractivity contribution < 1.29 is 14.3 Å². The molecule has 0 radical (unpaired) electrons. The molecular formula is C15H17ClN2O3. The number of hydrogen-bond donors (Lipinski definition) is 2. The molecule has 1 atom stereocenters. The predicted molar refractivity (Wildman–Crippen MR) is 81.3 cm³/mol. The lowest BCUT2D eigenvalue weighted by molar-refractivity contribution is 0.149. The molecule has 3 rings (SSSR count). The zero-order valence-corrected chi connectivity index (χ0v) is 12.5. The number of amides is 1. The van der Waals surface area contributed by atoms with Gasteiger partial charge in [0.05, 0.1) is 13.0 Å². The lowest BCUT2D eigenvalue weighted by Crippen LogP contribution is -2.36. The fourth-order valence-corrected chi connectivity index (χ4v) is 2.90. The molecule has 21 heavy (non-hydrogen) atoms. The first kappa shape index (κ1) is 14.1. The van der Waals surface area contributed by atoms with E-state index in [-0.39, 0.29) is 12.6 Å². The Kier molecular flexibility index (Phi) is 3.92. The zero-order valence-electron chi connectivity index (χ0n) is 11.7. The number of carbonyl (C=O) groups excluding carboxylic acids is 1. The molecule has 0 spiro atoms. The summed E-state index contributed by atoms with van der Waals surface area (Å²) in [5, 5.41) is 4.02. The number of halogens is 1. The number of alkyl carbamates (subject to hydrolysis) is 1. The van der Waals surface area contributed by atoms with Crippen molar-refractivity contribution in [1.29, 1.82) is 0 Å². The van der Waals surface area contributed by atoms with Gasteiger partial charge in [0.1, 0.15) is 12.4 Å². The Morgan fingerprint density at radius 2 is 2.33 bits per heavy atom. The van der Waals surface area contributed by atoms with Crippen LogP contribution in [0.5, 0.6) is 5.75 Å². The van der Waals surface area contributed by atoms with Crippen molar-refractivity contribution in [3.05, 3.63) is 29.5 Å². The lowest BCUT2D eigenvalue weighted by atomic mass is 10.1. The highest BCUT2D eigenvalue weighted by Crippen LogP contribution is 2.32. The maximum absolute atomic E-state index is 11.6. The number of methoxy groups -OCH3 is 1. The second-order valence-corrected chi connectivity index (χ2v) is 5.45. The van der Waals surface area contributed by atoms with E-state index in [1.807, 2.05) is 18.2 Å². The Labute approximate surface area is 127 Å². The van der Waals surface area contributed by atoms with E-state index < -0.39 is 6.09 Å². The Hall–Kier alpha value is -1.88. The molecule has 1 amide bonds. The number of carbonyl (C=O) groups is 1. The molecule has 0 fully saturated rings. The van der Waals surface area contributed by atoms with Gasteiger partial charge in [-0.1, -0.05) is 0 Å². The Morgan fingerprint density at radius 1 is 1.48 bits per heavy atom. The van der Waals surface area contributed by atoms with Gasteiger partial charge in [-0.05, 0) is 30.2 Å². The van der Waals surface area contributed by atoms with Gasteiger partial charge >= 0.3 is 6.09 Å². The fourth-order valence-electron chi connectivity index (χ4n) is 2.82. The quantitative estimate of drug-likeness (QED) is 0.853. The first-order valence-corrected chi connectivity index (χ1v) is 7.41. The molecule has 2 N–H and O–H groups in total. The van der Waals surface area contributed by atoms with Crippen molar-refractivity contribution in [1.82, 2.24) is 10.3 Å². The van der Waals surface area contributed by atoms with Crippen LogP contribution in [0.3, 0.4) is 0 Å². The number of H-pyrrole nitrogens is 1. The van der Waals surface area contributed by atoms with E-state index in [9.17, 15) is 4.79 Å². The molecule has 1 aromatic heterocycles. The molecule has 2 aromatic rings. The number of rotatable bonds is 4. The maximum Gasteiger partial charge on any atom is 0.407 e. The van der Waals surface area contributed by atoms with E-state index in [2.05, 4.69) is 10.3 Å². The molecule has 0 aliphatic heterocycles. The fraction of sp³-hybridized carbons (Fsp3) is 0.400. The van der Waals surface area contributed by atoms with Gasteiger partial charge in [-0.3, -0.25) is 0 Å². The lowest BCUT2D eigenvalue weighted by Gasteiger charge is -2.12. The van der Waals surface area contributed by atoms with Crippen LogP contribution in [0.4, 0.5) is 4.79 Å². The van der Waals surface area contributed by atoms with Gasteiger partial charge < -0.3 is 19.8 Å². The van der Waals surface area contributed by atoms with Gasteiger partial charge in [0, 0.05) is 29.1 Å². The highest BCUT2D eigenvalue weighted by molar-refractivity contribution is 6.18. The number of aromatic amines is 1. The molecule has 5 nitrogen and oxygen atoms in total. The smallest absolute Gasteiger partial charge is 0.407 e. The van der Waals surface area contributed by atoms with E-state index in [0.29, 0.717) is 5.88 Å². The molecule has 0 bridgehead atoms. The Bertz CT molecular complexity index is 668. The molecular weight excluding hydrogens is 292 g/mol. The number of aromatic nitrogens is 1. The van der Waals surface area contributed by atoms with Crippen LogP contribution >= 0.6 is 11.6 Å². The summed E-state index contributed by atoms with van der Waals surface area (Å²) in [6, 6.07) is 6.04. The SMILES string of the molecule is COc1ccc2[nH]c3c(c2c1)CC(NC(=O)OCCCl)C3. The van der Waals surface area contributed by atoms with E-state index in [0.717, 1.165) is 29.5 Å². The van der Waals surface area contributed by atoms with Crippen LogP contribution < -0.4 is 10.1 Å². The predicted octanol–water partition coefficient (Wildman–Crippen LogP) is 2.61. The number of fused-ring (bicyclic) bond motifs is 3. The number of alkyl halides is 1. The van der Waals surface area contributed by atoms with Crippen molar-refractivity contribution in [3.63, 3.8) is 0 Å². The summed E-state index contributed by atoms with van der Waals surface area (Å²) >= 11 is 5.49. The minimum absolute atomic E-state index is 0.0599. The normalized spacial score (nSPS) is 16.8. The number of nitrogens with one attached hydrogen (secondary N) is 2. The maximum atomic E-state index is 11.6. The molecule has 0 saturated heterocycles. The van der Waals surface area contributed by atoms with Crippen LogP contribution in [0.2, 0.25) is 0 Å². The van der Waals surface area contributed by atoms with E-state index in [1.165, 1.54) is 11.3 Å². The van der Waals surface area contributed by atoms with Gasteiger partial charge in [-0.25, -0.2) is 4.79 Å². The molecule has 1 aromatic carbocycles. The third-order valence-corrected chi connectivity index (χ3v) is 3.89. The summed E-state index contributed by atoms with van der Waals surface area (Å²) in [6.45, 7) is 0.228. The van der Waals surface area contributed by atoms with Gasteiger partial charge in [-0.2, -0.15) is 0 Å². The van der Waals surface area contributed by atoms with Crippen LogP contribution in [0.25, 0.3) is 10.9 Å². The summed E-state index contributed by atoms with van der Waals surface area (Å²) in [5.41, 5.74) is 3.51. The summed E-state index contributed by atoms with van der Waals surface area (Å²) in [7, 11) is 1.66. The summed E-state index contributed by atoms with van der Waals surface area (Å²) in [4.78, 5) is 15.0. The number of ether oxygens (including phenoxy) is 2. The van der Waals surface area contributed by atoms with Crippen LogP contribution in [-0.2, 0) is 17.6 Å². The Balaban J connectivity index is 1.74. The van der Waals surface area contributed by atoms with Crippen LogP contribution in [0, 0.1) is 0 Å². The Morgan fingerprint density at radius 3 is 3.10 bits per heavy atom. The molecule has 1 unspecified atom stereocenters. The second kappa shape index (κ2) is 5.85. The van der Waals surface area contributed by atoms with Crippen molar-refractivity contribution in [3.8, 4) is 5.75 Å². The minimum atomic E-state index is -0.410. The summed E-state index contributed by atoms with van der Waals surface area (Å²) < 4.78 is 10.2. The van der Waals surface area contributed by atoms with E-state index in [1.54, 1.807) is 7.11 Å². The molecule has 0 saturated carbocycles. The van der Waals surface area contributed by atoms with Crippen LogP contribution in [0.15, 0.2) is 18.2 Å². The first-order valence-electron chi connectivity index (χ1n) is 6.88. The number of hydrogen-bond acceptors (Lipinski definition) is 3. The summed E-state index contributed by atoms with van der Waals surface area (Å²) in [5.74, 6) is 1.14. The molecule has 6 heteroatoms. The molecule has 1 heterocycles. The van der Waals surface area contributed by atoms with E-state index >= 15 is 0 Å². The number of benzene rings is 1.